The van der Waals surface area contributed by atoms with Crippen LogP contribution in [0.5, 0.6) is 0 Å². The van der Waals surface area contributed by atoms with E-state index >= 15 is 0 Å². The first-order chi connectivity index (χ1) is 9.93. The molecule has 118 valence electrons. The van der Waals surface area contributed by atoms with Crippen molar-refractivity contribution in [1.82, 2.24) is 9.88 Å². The van der Waals surface area contributed by atoms with Crippen LogP contribution in [0.3, 0.4) is 0 Å². The second-order valence-electron chi connectivity index (χ2n) is 5.65. The number of likely N-dealkylation sites (tertiary alicyclic amines) is 1. The number of pyridine rings is 1. The van der Waals surface area contributed by atoms with Crippen molar-refractivity contribution < 1.29 is 13.2 Å². The molecule has 1 aliphatic heterocycles. The van der Waals surface area contributed by atoms with Gasteiger partial charge in [0, 0.05) is 18.8 Å². The van der Waals surface area contributed by atoms with Gasteiger partial charge in [0.15, 0.2) is 0 Å². The minimum absolute atomic E-state index is 0.0123. The lowest BCUT2D eigenvalue weighted by atomic mass is 9.92. The lowest BCUT2D eigenvalue weighted by molar-refractivity contribution is -0.189. The van der Waals surface area contributed by atoms with Crippen molar-refractivity contribution in [2.45, 2.75) is 44.4 Å². The zero-order valence-electron chi connectivity index (χ0n) is 12.2. The van der Waals surface area contributed by atoms with Crippen molar-refractivity contribution in [3.63, 3.8) is 0 Å². The Labute approximate surface area is 123 Å². The zero-order valence-corrected chi connectivity index (χ0v) is 12.2. The van der Waals surface area contributed by atoms with Crippen molar-refractivity contribution in [3.05, 3.63) is 30.1 Å². The van der Waals surface area contributed by atoms with E-state index in [2.05, 4.69) is 4.98 Å². The van der Waals surface area contributed by atoms with Crippen molar-refractivity contribution in [3.8, 4) is 0 Å². The van der Waals surface area contributed by atoms with Gasteiger partial charge in [-0.1, -0.05) is 13.0 Å². The Morgan fingerprint density at radius 3 is 2.76 bits per heavy atom. The fourth-order valence-electron chi connectivity index (χ4n) is 2.98. The number of nitrogens with two attached hydrogens (primary N) is 1. The van der Waals surface area contributed by atoms with Crippen LogP contribution in [0.15, 0.2) is 24.4 Å². The smallest absolute Gasteiger partial charge is 0.326 e. The van der Waals surface area contributed by atoms with Crippen LogP contribution in [0.25, 0.3) is 0 Å². The Bertz CT molecular complexity index is 436. The predicted octanol–water partition coefficient (Wildman–Crippen LogP) is 3.13. The van der Waals surface area contributed by atoms with E-state index in [4.69, 9.17) is 5.73 Å². The molecule has 2 heterocycles. The highest BCUT2D eigenvalue weighted by atomic mass is 19.4. The van der Waals surface area contributed by atoms with Gasteiger partial charge in [0.2, 0.25) is 0 Å². The quantitative estimate of drug-likeness (QED) is 0.929. The topological polar surface area (TPSA) is 42.1 Å². The molecule has 2 rings (SSSR count). The molecule has 0 bridgehead atoms. The van der Waals surface area contributed by atoms with Crippen LogP contribution >= 0.6 is 0 Å². The van der Waals surface area contributed by atoms with Gasteiger partial charge in [-0.2, -0.15) is 13.2 Å². The molecular weight excluding hydrogens is 279 g/mol. The number of nitrogens with zero attached hydrogens (tertiary/aromatic N) is 2. The first kappa shape index (κ1) is 16.2. The summed E-state index contributed by atoms with van der Waals surface area (Å²) in [5.74, 6) is -1.26. The summed E-state index contributed by atoms with van der Waals surface area (Å²) >= 11 is 0. The molecule has 0 radical (unpaired) electrons. The van der Waals surface area contributed by atoms with Gasteiger partial charge in [0.25, 0.3) is 0 Å². The summed E-state index contributed by atoms with van der Waals surface area (Å²) in [7, 11) is 0. The molecule has 1 aromatic rings. The molecule has 0 spiro atoms. The van der Waals surface area contributed by atoms with Gasteiger partial charge in [0.1, 0.15) is 0 Å². The summed E-state index contributed by atoms with van der Waals surface area (Å²) in [4.78, 5) is 6.17. The highest BCUT2D eigenvalue weighted by molar-refractivity contribution is 5.12. The van der Waals surface area contributed by atoms with Crippen molar-refractivity contribution in [2.24, 2.45) is 11.7 Å². The molecular formula is C15H22F3N3. The number of aromatic nitrogens is 1. The number of hydrogen-bond acceptors (Lipinski definition) is 3. The molecule has 0 saturated carbocycles. The molecule has 0 amide bonds. The highest BCUT2D eigenvalue weighted by Gasteiger charge is 2.43. The second-order valence-corrected chi connectivity index (χ2v) is 5.65. The lowest BCUT2D eigenvalue weighted by Crippen LogP contribution is -2.48. The average Bonchev–Trinajstić information content (AvgIpc) is 2.48. The van der Waals surface area contributed by atoms with Crippen LogP contribution in [-0.4, -0.2) is 35.2 Å². The third kappa shape index (κ3) is 3.95. The zero-order chi connectivity index (χ0) is 15.5. The van der Waals surface area contributed by atoms with Crippen LogP contribution in [-0.2, 0) is 0 Å². The van der Waals surface area contributed by atoms with Crippen molar-refractivity contribution >= 4 is 0 Å². The molecule has 1 fully saturated rings. The number of halogens is 3. The van der Waals surface area contributed by atoms with E-state index in [0.29, 0.717) is 19.4 Å². The van der Waals surface area contributed by atoms with Crippen LogP contribution in [0, 0.1) is 5.92 Å². The minimum Gasteiger partial charge on any atom is -0.326 e. The van der Waals surface area contributed by atoms with E-state index in [-0.39, 0.29) is 25.0 Å². The van der Waals surface area contributed by atoms with Crippen LogP contribution in [0.1, 0.15) is 37.9 Å². The van der Waals surface area contributed by atoms with Gasteiger partial charge >= 0.3 is 6.18 Å². The normalized spacial score (nSPS) is 23.8. The maximum atomic E-state index is 13.0. The molecule has 2 N–H and O–H groups in total. The largest absolute Gasteiger partial charge is 0.393 e. The maximum absolute atomic E-state index is 13.0. The fraction of sp³-hybridized carbons (Fsp3) is 0.667. The van der Waals surface area contributed by atoms with Gasteiger partial charge < -0.3 is 5.73 Å². The van der Waals surface area contributed by atoms with Gasteiger partial charge in [0.05, 0.1) is 17.7 Å². The minimum atomic E-state index is -4.14. The van der Waals surface area contributed by atoms with Crippen molar-refractivity contribution in [1.29, 1.82) is 0 Å². The van der Waals surface area contributed by atoms with Gasteiger partial charge in [-0.05, 0) is 37.9 Å². The Morgan fingerprint density at radius 2 is 2.19 bits per heavy atom. The maximum Gasteiger partial charge on any atom is 0.393 e. The summed E-state index contributed by atoms with van der Waals surface area (Å²) in [6, 6.07) is 5.03. The fourth-order valence-corrected chi connectivity index (χ4v) is 2.98. The van der Waals surface area contributed by atoms with E-state index < -0.39 is 12.1 Å². The summed E-state index contributed by atoms with van der Waals surface area (Å²) in [6.07, 6.45) is -1.02. The molecule has 1 saturated heterocycles. The van der Waals surface area contributed by atoms with Gasteiger partial charge in [-0.25, -0.2) is 0 Å². The number of hydrogen-bond donors (Lipinski definition) is 1. The van der Waals surface area contributed by atoms with E-state index in [0.717, 1.165) is 5.69 Å². The molecule has 3 unspecified atom stereocenters. The van der Waals surface area contributed by atoms with E-state index in [9.17, 15) is 13.2 Å². The van der Waals surface area contributed by atoms with E-state index in [1.165, 1.54) is 0 Å². The summed E-state index contributed by atoms with van der Waals surface area (Å²) in [5, 5.41) is 0. The van der Waals surface area contributed by atoms with E-state index in [1.807, 2.05) is 24.0 Å². The average molecular weight is 301 g/mol. The third-order valence-corrected chi connectivity index (χ3v) is 4.18. The predicted molar refractivity (Wildman–Crippen MR) is 75.6 cm³/mol. The molecule has 0 aromatic carbocycles. The lowest BCUT2D eigenvalue weighted by Gasteiger charge is -2.40. The van der Waals surface area contributed by atoms with E-state index in [1.54, 1.807) is 12.3 Å². The van der Waals surface area contributed by atoms with Gasteiger partial charge in [-0.15, -0.1) is 0 Å². The summed E-state index contributed by atoms with van der Waals surface area (Å²) < 4.78 is 39.0. The Hall–Kier alpha value is -1.14. The number of alkyl halides is 3. The van der Waals surface area contributed by atoms with Crippen LogP contribution < -0.4 is 5.73 Å². The molecule has 3 atom stereocenters. The molecule has 3 nitrogen and oxygen atoms in total. The van der Waals surface area contributed by atoms with Crippen LogP contribution in [0.2, 0.25) is 0 Å². The Kier molecular flexibility index (Phi) is 5.22. The second kappa shape index (κ2) is 6.75. The summed E-state index contributed by atoms with van der Waals surface area (Å²) in [6.45, 7) is 2.60. The third-order valence-electron chi connectivity index (χ3n) is 4.18. The first-order valence-corrected chi connectivity index (χ1v) is 7.40. The molecule has 1 aromatic heterocycles. The Balaban J connectivity index is 2.21. The van der Waals surface area contributed by atoms with Crippen LogP contribution in [0.4, 0.5) is 13.2 Å². The first-order valence-electron chi connectivity index (χ1n) is 7.40. The molecule has 6 heteroatoms. The molecule has 1 aliphatic rings. The monoisotopic (exact) mass is 301 g/mol. The Morgan fingerprint density at radius 1 is 1.43 bits per heavy atom. The summed E-state index contributed by atoms with van der Waals surface area (Å²) in [5.41, 5.74) is 6.93. The number of piperidine rings is 1. The number of rotatable bonds is 4. The SMILES string of the molecule is CCC(N)C(c1ccccn1)N1CCCC(C(F)(F)F)C1. The molecule has 0 aliphatic carbocycles. The molecule has 21 heavy (non-hydrogen) atoms. The van der Waals surface area contributed by atoms with Gasteiger partial charge in [-0.3, -0.25) is 9.88 Å². The standard InChI is InChI=1S/C15H22F3N3/c1-2-12(19)14(13-7-3-4-8-20-13)21-9-5-6-11(10-21)15(16,17)18/h3-4,7-8,11-12,14H,2,5-6,9-10,19H2,1H3. The van der Waals surface area contributed by atoms with Crippen molar-refractivity contribution in [2.75, 3.05) is 13.1 Å². The highest BCUT2D eigenvalue weighted by Crippen LogP contribution is 2.36.